The van der Waals surface area contributed by atoms with E-state index in [0.29, 0.717) is 38.6 Å². The van der Waals surface area contributed by atoms with Gasteiger partial charge in [0.1, 0.15) is 17.3 Å². The van der Waals surface area contributed by atoms with Crippen LogP contribution in [0.3, 0.4) is 0 Å². The van der Waals surface area contributed by atoms with E-state index < -0.39 is 40.8 Å². The molecule has 0 aliphatic carbocycles. The van der Waals surface area contributed by atoms with Gasteiger partial charge in [-0.1, -0.05) is 112 Å². The second kappa shape index (κ2) is 21.8. The second-order valence-corrected chi connectivity index (χ2v) is 15.9. The van der Waals surface area contributed by atoms with Gasteiger partial charge in [0.05, 0.1) is 6.04 Å². The van der Waals surface area contributed by atoms with E-state index in [9.17, 15) is 33.6 Å². The van der Waals surface area contributed by atoms with Crippen molar-refractivity contribution in [2.45, 2.75) is 152 Å². The lowest BCUT2D eigenvalue weighted by Gasteiger charge is -2.35. The summed E-state index contributed by atoms with van der Waals surface area (Å²) in [7, 11) is 0. The van der Waals surface area contributed by atoms with Crippen LogP contribution in [0.4, 0.5) is 0 Å². The summed E-state index contributed by atoms with van der Waals surface area (Å²) < 4.78 is 0. The van der Waals surface area contributed by atoms with E-state index in [0.717, 1.165) is 5.56 Å². The topological polar surface area (TPSA) is 123 Å². The van der Waals surface area contributed by atoms with Crippen molar-refractivity contribution >= 4 is 40.6 Å². The Morgan fingerprint density at radius 3 is 1.92 bits per heavy atom. The number of ketones is 6. The molecule has 0 radical (unpaired) electrons. The number of Topliss-reactive ketones (excluding diaryl/α,β-unsaturated/α-hetero) is 6. The molecule has 4 atom stereocenters. The van der Waals surface area contributed by atoms with E-state index in [1.165, 1.54) is 6.42 Å². The Kier molecular flexibility index (Phi) is 19.5. The fraction of sp³-hybridized carbons (Fsp3) is 0.690. The van der Waals surface area contributed by atoms with Gasteiger partial charge in [-0.05, 0) is 36.2 Å². The zero-order valence-corrected chi connectivity index (χ0v) is 32.6. The number of amides is 1. The number of benzene rings is 1. The van der Waals surface area contributed by atoms with Crippen LogP contribution in [0.2, 0.25) is 0 Å². The van der Waals surface area contributed by atoms with Gasteiger partial charge >= 0.3 is 0 Å². The maximum Gasteiger partial charge on any atom is 0.227 e. The van der Waals surface area contributed by atoms with Gasteiger partial charge in [-0.25, -0.2) is 0 Å². The van der Waals surface area contributed by atoms with Crippen LogP contribution in [0.25, 0.3) is 0 Å². The van der Waals surface area contributed by atoms with Gasteiger partial charge in [-0.2, -0.15) is 0 Å². The number of nitrogens with zero attached hydrogens (tertiary/aromatic N) is 1. The lowest BCUT2D eigenvalue weighted by atomic mass is 9.76. The number of hydrogen-bond donors (Lipinski definition) is 0. The lowest BCUT2D eigenvalue weighted by Crippen LogP contribution is -2.47. The fourth-order valence-corrected chi connectivity index (χ4v) is 6.55. The molecule has 0 aromatic heterocycles. The quantitative estimate of drug-likeness (QED) is 0.126. The van der Waals surface area contributed by atoms with Crippen LogP contribution in [0.15, 0.2) is 30.3 Å². The molecule has 1 aromatic carbocycles. The van der Waals surface area contributed by atoms with Crippen molar-refractivity contribution in [2.24, 2.45) is 29.1 Å². The molecular weight excluding hydrogens is 630 g/mol. The molecule has 8 nitrogen and oxygen atoms in total. The summed E-state index contributed by atoms with van der Waals surface area (Å²) in [5, 5.41) is 0. The molecule has 280 valence electrons. The molecule has 8 heteroatoms. The highest BCUT2D eigenvalue weighted by Crippen LogP contribution is 2.35. The van der Waals surface area contributed by atoms with Gasteiger partial charge in [0.2, 0.25) is 11.7 Å². The minimum atomic E-state index is -0.821. The van der Waals surface area contributed by atoms with Gasteiger partial charge in [-0.3, -0.25) is 33.6 Å². The molecule has 0 N–H and O–H groups in total. The van der Waals surface area contributed by atoms with E-state index in [-0.39, 0.29) is 73.0 Å². The maximum atomic E-state index is 13.8. The standard InChI is InChI=1S/C39H57NO7.C3H8/c1-9-14-28(37(46)34(43)19-18-29(41)23-31(36(45)26(4)5)27-15-11-10-12-16-27)22-35(44)33-17-13-20-40(33)38(47)32(39(6,7)8)24-30(42)21-25(2)3;1-3-2/h10-12,15-16,25-26,28,31-33H,9,13-14,17-24H2,1-8H3;3H2,1-2H3/t28?,31-,32+,33-;/m0./s1. The zero-order valence-electron chi connectivity index (χ0n) is 32.6. The predicted octanol–water partition coefficient (Wildman–Crippen LogP) is 8.32. The Labute approximate surface area is 301 Å². The van der Waals surface area contributed by atoms with Gasteiger partial charge in [-0.15, -0.1) is 0 Å². The van der Waals surface area contributed by atoms with Crippen LogP contribution in [0.5, 0.6) is 0 Å². The summed E-state index contributed by atoms with van der Waals surface area (Å²) >= 11 is 0. The highest BCUT2D eigenvalue weighted by molar-refractivity contribution is 6.38. The molecule has 1 aliphatic rings. The van der Waals surface area contributed by atoms with Crippen LogP contribution < -0.4 is 0 Å². The van der Waals surface area contributed by atoms with E-state index in [1.807, 2.05) is 71.9 Å². The third kappa shape index (κ3) is 14.5. The summed E-state index contributed by atoms with van der Waals surface area (Å²) in [5.41, 5.74) is 0.270. The molecule has 1 aromatic rings. The molecular formula is C42H65NO7. The largest absolute Gasteiger partial charge is 0.332 e. The van der Waals surface area contributed by atoms with Gasteiger partial charge in [0, 0.05) is 68.7 Å². The van der Waals surface area contributed by atoms with Crippen LogP contribution >= 0.6 is 0 Å². The first-order valence-corrected chi connectivity index (χ1v) is 18.9. The minimum absolute atomic E-state index is 0.0306. The first-order valence-electron chi connectivity index (χ1n) is 18.9. The summed E-state index contributed by atoms with van der Waals surface area (Å²) in [5.74, 6) is -4.15. The second-order valence-electron chi connectivity index (χ2n) is 15.9. The number of likely N-dealkylation sites (tertiary alicyclic amines) is 1. The third-order valence-electron chi connectivity index (χ3n) is 9.23. The smallest absolute Gasteiger partial charge is 0.227 e. The van der Waals surface area contributed by atoms with Crippen LogP contribution in [-0.4, -0.2) is 58.1 Å². The van der Waals surface area contributed by atoms with E-state index in [1.54, 1.807) is 18.7 Å². The molecule has 1 heterocycles. The van der Waals surface area contributed by atoms with Crippen molar-refractivity contribution in [3.05, 3.63) is 35.9 Å². The summed E-state index contributed by atoms with van der Waals surface area (Å²) in [6.45, 7) is 19.9. The molecule has 50 heavy (non-hydrogen) atoms. The maximum absolute atomic E-state index is 13.8. The normalized spacial score (nSPS) is 16.3. The van der Waals surface area contributed by atoms with E-state index in [4.69, 9.17) is 0 Å². The van der Waals surface area contributed by atoms with Crippen LogP contribution in [0.1, 0.15) is 151 Å². The van der Waals surface area contributed by atoms with Crippen LogP contribution in [0, 0.1) is 29.1 Å². The SMILES string of the molecule is CCC.CCCC(CC(=O)[C@@H]1CCCN1C(=O)[C@@H](CC(=O)CC(C)C)C(C)(C)C)C(=O)C(=O)CCC(=O)C[C@H](C(=O)C(C)C)c1ccccc1. The Balaban J connectivity index is 0.00000401. The third-order valence-corrected chi connectivity index (χ3v) is 9.23. The van der Waals surface area contributed by atoms with Crippen molar-refractivity contribution in [2.75, 3.05) is 6.54 Å². The average molecular weight is 696 g/mol. The molecule has 1 saturated heterocycles. The van der Waals surface area contributed by atoms with E-state index in [2.05, 4.69) is 13.8 Å². The Hall–Kier alpha value is -3.29. The predicted molar refractivity (Wildman–Crippen MR) is 199 cm³/mol. The fourth-order valence-electron chi connectivity index (χ4n) is 6.55. The van der Waals surface area contributed by atoms with Crippen molar-refractivity contribution in [3.8, 4) is 0 Å². The number of carbonyl (C=O) groups is 7. The molecule has 0 spiro atoms. The molecule has 1 unspecified atom stereocenters. The van der Waals surface area contributed by atoms with Crippen molar-refractivity contribution in [1.82, 2.24) is 4.90 Å². The Morgan fingerprint density at radius 2 is 1.40 bits per heavy atom. The van der Waals surface area contributed by atoms with Crippen molar-refractivity contribution in [3.63, 3.8) is 0 Å². The number of hydrogen-bond acceptors (Lipinski definition) is 7. The number of carbonyl (C=O) groups excluding carboxylic acids is 7. The molecule has 0 bridgehead atoms. The van der Waals surface area contributed by atoms with Gasteiger partial charge in [0.15, 0.2) is 11.6 Å². The highest BCUT2D eigenvalue weighted by Gasteiger charge is 2.42. The van der Waals surface area contributed by atoms with Crippen molar-refractivity contribution in [1.29, 1.82) is 0 Å². The van der Waals surface area contributed by atoms with E-state index >= 15 is 0 Å². The minimum Gasteiger partial charge on any atom is -0.332 e. The molecule has 2 rings (SSSR count). The van der Waals surface area contributed by atoms with Crippen LogP contribution in [-0.2, 0) is 33.6 Å². The van der Waals surface area contributed by atoms with Gasteiger partial charge < -0.3 is 4.90 Å². The highest BCUT2D eigenvalue weighted by atomic mass is 16.2. The first-order chi connectivity index (χ1) is 23.4. The molecule has 1 amide bonds. The molecule has 1 aliphatic heterocycles. The first kappa shape index (κ1) is 44.7. The number of rotatable bonds is 20. The summed E-state index contributed by atoms with van der Waals surface area (Å²) in [6.07, 6.45) is 3.23. The summed E-state index contributed by atoms with van der Waals surface area (Å²) in [6, 6.07) is 8.41. The van der Waals surface area contributed by atoms with Crippen molar-refractivity contribution < 1.29 is 33.6 Å². The Bertz CT molecular complexity index is 1290. The Morgan fingerprint density at radius 1 is 0.800 bits per heavy atom. The molecule has 1 fully saturated rings. The lowest BCUT2D eigenvalue weighted by molar-refractivity contribution is -0.146. The molecule has 0 saturated carbocycles. The van der Waals surface area contributed by atoms with Gasteiger partial charge in [0.25, 0.3) is 0 Å². The average Bonchev–Trinajstić information content (AvgIpc) is 3.54. The summed E-state index contributed by atoms with van der Waals surface area (Å²) in [4.78, 5) is 94.0. The monoisotopic (exact) mass is 695 g/mol. The zero-order chi connectivity index (χ0) is 38.2.